The highest BCUT2D eigenvalue weighted by atomic mass is 32.1. The fourth-order valence-corrected chi connectivity index (χ4v) is 3.30. The Morgan fingerprint density at radius 2 is 1.79 bits per heavy atom. The van der Waals surface area contributed by atoms with Crippen LogP contribution < -0.4 is 14.8 Å². The van der Waals surface area contributed by atoms with Gasteiger partial charge in [0, 0.05) is 31.0 Å². The minimum absolute atomic E-state index is 0.596. The zero-order chi connectivity index (χ0) is 20.6. The summed E-state index contributed by atoms with van der Waals surface area (Å²) < 4.78 is 11.0. The minimum atomic E-state index is 0.596. The molecule has 1 aromatic heterocycles. The molecule has 0 spiro atoms. The first-order chi connectivity index (χ1) is 14.1. The van der Waals surface area contributed by atoms with Gasteiger partial charge in [0.05, 0.1) is 19.9 Å². The number of ether oxygens (including phenoxy) is 2. The number of para-hydroxylation sites is 1. The van der Waals surface area contributed by atoms with E-state index in [0.29, 0.717) is 18.2 Å². The molecule has 3 aromatic rings. The molecule has 0 aliphatic carbocycles. The molecule has 3 rings (SSSR count). The fourth-order valence-electron chi connectivity index (χ4n) is 3.06. The van der Waals surface area contributed by atoms with Crippen LogP contribution in [-0.4, -0.2) is 29.2 Å². The third-order valence-corrected chi connectivity index (χ3v) is 4.89. The molecule has 5 nitrogen and oxygen atoms in total. The Labute approximate surface area is 177 Å². The SMILES string of the molecule is COc1ccccc1CN(Cc1cccnc1)C(=S)Nc1cc(C)ccc1OC. The number of hydrogen-bond acceptors (Lipinski definition) is 4. The van der Waals surface area contributed by atoms with Gasteiger partial charge in [-0.2, -0.15) is 0 Å². The van der Waals surface area contributed by atoms with Gasteiger partial charge in [-0.3, -0.25) is 4.98 Å². The molecule has 0 radical (unpaired) electrons. The van der Waals surface area contributed by atoms with E-state index < -0.39 is 0 Å². The highest BCUT2D eigenvalue weighted by Gasteiger charge is 2.16. The van der Waals surface area contributed by atoms with Crippen LogP contribution in [0.25, 0.3) is 0 Å². The molecular formula is C23H25N3O2S. The second-order valence-corrected chi connectivity index (χ2v) is 7.05. The number of pyridine rings is 1. The van der Waals surface area contributed by atoms with E-state index in [1.54, 1.807) is 20.4 Å². The molecule has 0 fully saturated rings. The highest BCUT2D eigenvalue weighted by Crippen LogP contribution is 2.27. The monoisotopic (exact) mass is 407 g/mol. The van der Waals surface area contributed by atoms with Gasteiger partial charge in [0.15, 0.2) is 5.11 Å². The average Bonchev–Trinajstić information content (AvgIpc) is 2.74. The number of methoxy groups -OCH3 is 2. The molecule has 0 unspecified atom stereocenters. The zero-order valence-electron chi connectivity index (χ0n) is 16.9. The lowest BCUT2D eigenvalue weighted by molar-refractivity contribution is 0.377. The molecule has 150 valence electrons. The number of aryl methyl sites for hydroxylation is 1. The van der Waals surface area contributed by atoms with Crippen LogP contribution in [0.2, 0.25) is 0 Å². The van der Waals surface area contributed by atoms with E-state index in [9.17, 15) is 0 Å². The molecule has 0 saturated carbocycles. The summed E-state index contributed by atoms with van der Waals surface area (Å²) >= 11 is 5.78. The number of benzene rings is 2. The Bertz CT molecular complexity index is 963. The maximum atomic E-state index is 5.78. The number of thiocarbonyl (C=S) groups is 1. The van der Waals surface area contributed by atoms with E-state index >= 15 is 0 Å². The van der Waals surface area contributed by atoms with E-state index in [1.165, 1.54) is 0 Å². The largest absolute Gasteiger partial charge is 0.496 e. The summed E-state index contributed by atoms with van der Waals surface area (Å²) in [6.07, 6.45) is 3.62. The first-order valence-corrected chi connectivity index (χ1v) is 9.73. The normalized spacial score (nSPS) is 10.3. The van der Waals surface area contributed by atoms with Gasteiger partial charge in [0.1, 0.15) is 11.5 Å². The molecule has 2 aromatic carbocycles. The molecule has 1 heterocycles. The minimum Gasteiger partial charge on any atom is -0.496 e. The summed E-state index contributed by atoms with van der Waals surface area (Å²) in [5.74, 6) is 1.58. The standard InChI is InChI=1S/C23H25N3O2S/c1-17-10-11-22(28-3)20(13-17)25-23(29)26(15-18-7-6-12-24-14-18)16-19-8-4-5-9-21(19)27-2/h4-14H,15-16H2,1-3H3,(H,25,29). The van der Waals surface area contributed by atoms with Crippen molar-refractivity contribution < 1.29 is 9.47 Å². The van der Waals surface area contributed by atoms with E-state index in [1.807, 2.05) is 67.7 Å². The van der Waals surface area contributed by atoms with Crippen LogP contribution >= 0.6 is 12.2 Å². The van der Waals surface area contributed by atoms with Gasteiger partial charge < -0.3 is 19.7 Å². The van der Waals surface area contributed by atoms with Crippen molar-refractivity contribution in [2.24, 2.45) is 0 Å². The van der Waals surface area contributed by atoms with Crippen molar-refractivity contribution in [3.63, 3.8) is 0 Å². The van der Waals surface area contributed by atoms with Gasteiger partial charge in [-0.1, -0.05) is 30.3 Å². The van der Waals surface area contributed by atoms with E-state index in [2.05, 4.69) is 15.2 Å². The van der Waals surface area contributed by atoms with E-state index in [-0.39, 0.29) is 0 Å². The maximum Gasteiger partial charge on any atom is 0.174 e. The molecule has 0 aliphatic heterocycles. The summed E-state index contributed by atoms with van der Waals surface area (Å²) in [4.78, 5) is 6.32. The number of nitrogens with one attached hydrogen (secondary N) is 1. The molecule has 0 saturated heterocycles. The van der Waals surface area contributed by atoms with Crippen molar-refractivity contribution in [1.29, 1.82) is 0 Å². The van der Waals surface area contributed by atoms with Gasteiger partial charge in [-0.05, 0) is 54.5 Å². The van der Waals surface area contributed by atoms with Gasteiger partial charge in [0.2, 0.25) is 0 Å². The van der Waals surface area contributed by atoms with Crippen molar-refractivity contribution >= 4 is 23.0 Å². The van der Waals surface area contributed by atoms with Gasteiger partial charge in [-0.15, -0.1) is 0 Å². The summed E-state index contributed by atoms with van der Waals surface area (Å²) in [7, 11) is 3.33. The quantitative estimate of drug-likeness (QED) is 0.568. The van der Waals surface area contributed by atoms with Crippen LogP contribution in [0.5, 0.6) is 11.5 Å². The van der Waals surface area contributed by atoms with Crippen LogP contribution in [0.4, 0.5) is 5.69 Å². The smallest absolute Gasteiger partial charge is 0.174 e. The van der Waals surface area contributed by atoms with E-state index in [4.69, 9.17) is 21.7 Å². The van der Waals surface area contributed by atoms with Crippen LogP contribution in [-0.2, 0) is 13.1 Å². The van der Waals surface area contributed by atoms with E-state index in [0.717, 1.165) is 33.9 Å². The Balaban J connectivity index is 1.87. The lowest BCUT2D eigenvalue weighted by atomic mass is 10.1. The Morgan fingerprint density at radius 3 is 2.52 bits per heavy atom. The predicted octanol–water partition coefficient (Wildman–Crippen LogP) is 4.81. The maximum absolute atomic E-state index is 5.78. The molecule has 6 heteroatoms. The molecule has 0 aliphatic rings. The second-order valence-electron chi connectivity index (χ2n) is 6.66. The topological polar surface area (TPSA) is 46.6 Å². The van der Waals surface area contributed by atoms with Crippen molar-refractivity contribution in [3.8, 4) is 11.5 Å². The lowest BCUT2D eigenvalue weighted by Gasteiger charge is -2.27. The van der Waals surface area contributed by atoms with Gasteiger partial charge >= 0.3 is 0 Å². The second kappa shape index (κ2) is 9.89. The molecular weight excluding hydrogens is 382 g/mol. The fraction of sp³-hybridized carbons (Fsp3) is 0.217. The van der Waals surface area contributed by atoms with Crippen molar-refractivity contribution in [1.82, 2.24) is 9.88 Å². The third-order valence-electron chi connectivity index (χ3n) is 4.53. The number of hydrogen-bond donors (Lipinski definition) is 1. The van der Waals surface area contributed by atoms with Crippen molar-refractivity contribution in [2.75, 3.05) is 19.5 Å². The zero-order valence-corrected chi connectivity index (χ0v) is 17.7. The summed E-state index contributed by atoms with van der Waals surface area (Å²) in [6.45, 7) is 3.25. The van der Waals surface area contributed by atoms with Crippen molar-refractivity contribution in [2.45, 2.75) is 20.0 Å². The summed E-state index contributed by atoms with van der Waals surface area (Å²) in [5, 5.41) is 3.95. The van der Waals surface area contributed by atoms with Gasteiger partial charge in [0.25, 0.3) is 0 Å². The first kappa shape index (κ1) is 20.6. The molecule has 29 heavy (non-hydrogen) atoms. The first-order valence-electron chi connectivity index (χ1n) is 9.32. The van der Waals surface area contributed by atoms with Crippen molar-refractivity contribution in [3.05, 3.63) is 83.7 Å². The summed E-state index contributed by atoms with van der Waals surface area (Å²) in [6, 6.07) is 17.9. The van der Waals surface area contributed by atoms with Crippen LogP contribution in [0, 0.1) is 6.92 Å². The molecule has 0 amide bonds. The Kier molecular flexibility index (Phi) is 7.03. The molecule has 0 bridgehead atoms. The third kappa shape index (κ3) is 5.45. The highest BCUT2D eigenvalue weighted by molar-refractivity contribution is 7.80. The number of anilines is 1. The van der Waals surface area contributed by atoms with Crippen LogP contribution in [0.15, 0.2) is 67.0 Å². The number of rotatable bonds is 7. The van der Waals surface area contributed by atoms with Crippen LogP contribution in [0.1, 0.15) is 16.7 Å². The van der Waals surface area contributed by atoms with Gasteiger partial charge in [-0.25, -0.2) is 0 Å². The number of nitrogens with zero attached hydrogens (tertiary/aromatic N) is 2. The summed E-state index contributed by atoms with van der Waals surface area (Å²) in [5.41, 5.74) is 4.09. The number of aromatic nitrogens is 1. The lowest BCUT2D eigenvalue weighted by Crippen LogP contribution is -2.34. The van der Waals surface area contributed by atoms with Crippen LogP contribution in [0.3, 0.4) is 0 Å². The Morgan fingerprint density at radius 1 is 1.00 bits per heavy atom. The Hall–Kier alpha value is -3.12. The molecule has 0 atom stereocenters. The predicted molar refractivity (Wildman–Crippen MR) is 120 cm³/mol. The molecule has 1 N–H and O–H groups in total. The average molecular weight is 408 g/mol.